The Balaban J connectivity index is 1.36. The van der Waals surface area contributed by atoms with Gasteiger partial charge in [-0.25, -0.2) is 4.98 Å². The average Bonchev–Trinajstić information content (AvgIpc) is 3.74. The quantitative estimate of drug-likeness (QED) is 0.247. The lowest BCUT2D eigenvalue weighted by Crippen LogP contribution is -2.35. The highest BCUT2D eigenvalue weighted by atomic mass is 32.1. The van der Waals surface area contributed by atoms with E-state index in [1.807, 2.05) is 103 Å². The number of aryl methyl sites for hydroxylation is 1. The number of carbonyl (C=O) groups excluding carboxylic acids is 1. The fraction of sp³-hybridized carbons (Fsp3) is 0.250. The Morgan fingerprint density at radius 3 is 2.48 bits per heavy atom. The van der Waals surface area contributed by atoms with Crippen LogP contribution in [0.4, 0.5) is 0 Å². The molecule has 202 valence electrons. The number of nitrogens with two attached hydrogens (primary N) is 1. The highest BCUT2D eigenvalue weighted by Gasteiger charge is 2.33. The molecule has 0 bridgehead atoms. The smallest absolute Gasteiger partial charge is 0.254 e. The molecule has 1 fully saturated rings. The van der Waals surface area contributed by atoms with Gasteiger partial charge in [-0.3, -0.25) is 4.79 Å². The summed E-state index contributed by atoms with van der Waals surface area (Å²) in [7, 11) is 0. The first kappa shape index (κ1) is 26.1. The molecule has 0 spiro atoms. The van der Waals surface area contributed by atoms with Crippen LogP contribution in [-0.2, 0) is 12.0 Å². The average molecular weight is 550 g/mol. The lowest BCUT2D eigenvalue weighted by molar-refractivity contribution is 0.0735. The summed E-state index contributed by atoms with van der Waals surface area (Å²) in [6.07, 6.45) is 2.41. The summed E-state index contributed by atoms with van der Waals surface area (Å²) in [4.78, 5) is 20.6. The number of hydrogen-bond donors (Lipinski definition) is 1. The largest absolute Gasteiger partial charge is 0.419 e. The molecule has 2 unspecified atom stereocenters. The first-order valence-electron chi connectivity index (χ1n) is 13.5. The minimum Gasteiger partial charge on any atom is -0.419 e. The number of carbonyl (C=O) groups is 1. The maximum absolute atomic E-state index is 14.0. The Hall–Kier alpha value is -4.14. The molecule has 2 atom stereocenters. The number of likely N-dealkylation sites (tertiary alicyclic amines) is 1. The van der Waals surface area contributed by atoms with Crippen molar-refractivity contribution < 1.29 is 9.21 Å². The van der Waals surface area contributed by atoms with Gasteiger partial charge < -0.3 is 15.1 Å². The Bertz CT molecular complexity index is 1630. The van der Waals surface area contributed by atoms with Gasteiger partial charge in [-0.2, -0.15) is 0 Å². The number of hydrogen-bond acceptors (Lipinski definition) is 7. The maximum Gasteiger partial charge on any atom is 0.254 e. The van der Waals surface area contributed by atoms with E-state index in [1.165, 1.54) is 0 Å². The van der Waals surface area contributed by atoms with E-state index in [0.717, 1.165) is 40.2 Å². The summed E-state index contributed by atoms with van der Waals surface area (Å²) in [5.41, 5.74) is 11.0. The van der Waals surface area contributed by atoms with E-state index in [4.69, 9.17) is 10.2 Å². The summed E-state index contributed by atoms with van der Waals surface area (Å²) >= 11 is 1.62. The number of nitrogens with zero attached hydrogens (tertiary/aromatic N) is 4. The van der Waals surface area contributed by atoms with Crippen LogP contribution < -0.4 is 5.73 Å². The Morgan fingerprint density at radius 2 is 1.75 bits per heavy atom. The normalized spacial score (nSPS) is 16.7. The van der Waals surface area contributed by atoms with Crippen LogP contribution in [-0.4, -0.2) is 32.5 Å². The third kappa shape index (κ3) is 5.33. The molecular formula is C32H31N5O2S. The Labute approximate surface area is 237 Å². The van der Waals surface area contributed by atoms with Gasteiger partial charge in [0.25, 0.3) is 5.91 Å². The standard InChI is InChI=1S/C32H31N5O2S/c1-21-20-40-29(34-21)27-14-9-15-37(27)30(38)26-17-24(23-12-7-4-8-13-23)16-25(18-26)28-35-36-31(39-28)32(2,33)19-22-10-5-3-6-11-22/h3-8,10-13,16-18,20,27H,9,14-15,19,33H2,1-2H3. The van der Waals surface area contributed by atoms with Gasteiger partial charge in [0.05, 0.1) is 11.6 Å². The molecule has 1 saturated heterocycles. The van der Waals surface area contributed by atoms with E-state index in [0.29, 0.717) is 35.9 Å². The summed E-state index contributed by atoms with van der Waals surface area (Å²) in [5.74, 6) is 0.657. The predicted octanol–water partition coefficient (Wildman–Crippen LogP) is 6.56. The van der Waals surface area contributed by atoms with E-state index >= 15 is 0 Å². The first-order chi connectivity index (χ1) is 19.4. The SMILES string of the molecule is Cc1csc(C2CCCN2C(=O)c2cc(-c3ccccc3)cc(-c3nnc(C(C)(N)Cc4ccccc4)o3)c2)n1. The highest BCUT2D eigenvalue weighted by Crippen LogP contribution is 2.36. The Kier molecular flexibility index (Phi) is 7.04. The van der Waals surface area contributed by atoms with Crippen molar-refractivity contribution in [3.05, 3.63) is 112 Å². The van der Waals surface area contributed by atoms with Gasteiger partial charge in [0, 0.05) is 28.7 Å². The molecule has 40 heavy (non-hydrogen) atoms. The minimum atomic E-state index is -0.850. The van der Waals surface area contributed by atoms with Crippen molar-refractivity contribution in [2.24, 2.45) is 5.73 Å². The van der Waals surface area contributed by atoms with Crippen LogP contribution in [0.15, 0.2) is 88.7 Å². The zero-order valence-electron chi connectivity index (χ0n) is 22.6. The summed E-state index contributed by atoms with van der Waals surface area (Å²) in [6.45, 7) is 4.57. The van der Waals surface area contributed by atoms with Crippen molar-refractivity contribution >= 4 is 17.2 Å². The number of rotatable bonds is 7. The molecule has 1 aliphatic heterocycles. The second-order valence-corrected chi connectivity index (χ2v) is 11.5. The van der Waals surface area contributed by atoms with Gasteiger partial charge in [0.2, 0.25) is 11.8 Å². The lowest BCUT2D eigenvalue weighted by Gasteiger charge is -2.23. The van der Waals surface area contributed by atoms with E-state index in [9.17, 15) is 4.79 Å². The van der Waals surface area contributed by atoms with Crippen LogP contribution in [0.1, 0.15) is 58.3 Å². The number of benzene rings is 3. The molecule has 8 heteroatoms. The molecule has 7 nitrogen and oxygen atoms in total. The van der Waals surface area contributed by atoms with E-state index in [2.05, 4.69) is 15.2 Å². The van der Waals surface area contributed by atoms with Gasteiger partial charge in [-0.1, -0.05) is 60.7 Å². The zero-order chi connectivity index (χ0) is 27.7. The first-order valence-corrected chi connectivity index (χ1v) is 14.4. The van der Waals surface area contributed by atoms with Crippen molar-refractivity contribution in [3.63, 3.8) is 0 Å². The van der Waals surface area contributed by atoms with Crippen LogP contribution in [0.5, 0.6) is 0 Å². The molecular weight excluding hydrogens is 518 g/mol. The van der Waals surface area contributed by atoms with Gasteiger partial charge >= 0.3 is 0 Å². The van der Waals surface area contributed by atoms with Crippen molar-refractivity contribution in [1.29, 1.82) is 0 Å². The highest BCUT2D eigenvalue weighted by molar-refractivity contribution is 7.09. The zero-order valence-corrected chi connectivity index (χ0v) is 23.4. The summed E-state index contributed by atoms with van der Waals surface area (Å²) in [6, 6.07) is 25.8. The number of thiazole rings is 1. The molecule has 6 rings (SSSR count). The predicted molar refractivity (Wildman–Crippen MR) is 157 cm³/mol. The molecule has 3 aromatic carbocycles. The van der Waals surface area contributed by atoms with Gasteiger partial charge in [-0.05, 0) is 68.0 Å². The van der Waals surface area contributed by atoms with Crippen molar-refractivity contribution in [1.82, 2.24) is 20.1 Å². The summed E-state index contributed by atoms with van der Waals surface area (Å²) in [5, 5.41) is 11.7. The van der Waals surface area contributed by atoms with Crippen molar-refractivity contribution in [2.75, 3.05) is 6.54 Å². The Morgan fingerprint density at radius 1 is 1.02 bits per heavy atom. The molecule has 3 heterocycles. The van der Waals surface area contributed by atoms with E-state index < -0.39 is 5.54 Å². The van der Waals surface area contributed by atoms with Gasteiger partial charge in [0.1, 0.15) is 5.01 Å². The van der Waals surface area contributed by atoms with Crippen molar-refractivity contribution in [2.45, 2.75) is 44.7 Å². The van der Waals surface area contributed by atoms with Crippen LogP contribution in [0, 0.1) is 6.92 Å². The minimum absolute atomic E-state index is 0.0130. The van der Waals surface area contributed by atoms with Gasteiger partial charge in [0.15, 0.2) is 0 Å². The van der Waals surface area contributed by atoms with Crippen LogP contribution in [0.2, 0.25) is 0 Å². The fourth-order valence-electron chi connectivity index (χ4n) is 5.30. The third-order valence-electron chi connectivity index (χ3n) is 7.30. The van der Waals surface area contributed by atoms with Crippen LogP contribution >= 0.6 is 11.3 Å². The molecule has 0 saturated carbocycles. The molecule has 2 N–H and O–H groups in total. The second kappa shape index (κ2) is 10.8. The molecule has 0 radical (unpaired) electrons. The molecule has 1 amide bonds. The molecule has 1 aliphatic rings. The van der Waals surface area contributed by atoms with Crippen LogP contribution in [0.3, 0.4) is 0 Å². The number of aromatic nitrogens is 3. The van der Waals surface area contributed by atoms with Gasteiger partial charge in [-0.15, -0.1) is 21.5 Å². The topological polar surface area (TPSA) is 98.1 Å². The fourth-order valence-corrected chi connectivity index (χ4v) is 6.24. The van der Waals surface area contributed by atoms with Crippen molar-refractivity contribution in [3.8, 4) is 22.6 Å². The maximum atomic E-state index is 14.0. The third-order valence-corrected chi connectivity index (χ3v) is 8.36. The molecule has 2 aromatic heterocycles. The molecule has 5 aromatic rings. The molecule has 0 aliphatic carbocycles. The summed E-state index contributed by atoms with van der Waals surface area (Å²) < 4.78 is 6.17. The second-order valence-electron chi connectivity index (χ2n) is 10.6. The van der Waals surface area contributed by atoms with E-state index in [1.54, 1.807) is 11.3 Å². The number of amides is 1. The monoisotopic (exact) mass is 549 g/mol. The van der Waals surface area contributed by atoms with E-state index in [-0.39, 0.29) is 11.9 Å². The van der Waals surface area contributed by atoms with Crippen LogP contribution in [0.25, 0.3) is 22.6 Å². The lowest BCUT2D eigenvalue weighted by atomic mass is 9.94.